The van der Waals surface area contributed by atoms with Crippen molar-refractivity contribution in [1.82, 2.24) is 10.2 Å². The molecule has 0 aromatic rings. The summed E-state index contributed by atoms with van der Waals surface area (Å²) in [5.41, 5.74) is 0.242. The molecular weight excluding hydrogens is 298 g/mol. The topological polar surface area (TPSA) is 56.1 Å². The lowest BCUT2D eigenvalue weighted by molar-refractivity contribution is -0.131. The van der Waals surface area contributed by atoms with Crippen LogP contribution < -0.4 is 5.32 Å². The minimum Gasteiger partial charge on any atom is -0.326 e. The first-order chi connectivity index (χ1) is 10.2. The van der Waals surface area contributed by atoms with Crippen molar-refractivity contribution in [1.29, 1.82) is 5.26 Å². The van der Waals surface area contributed by atoms with Gasteiger partial charge >= 0.3 is 0 Å². The fraction of sp³-hybridized carbons (Fsp3) is 0.882. The van der Waals surface area contributed by atoms with E-state index in [1.807, 2.05) is 0 Å². The van der Waals surface area contributed by atoms with E-state index < -0.39 is 0 Å². The summed E-state index contributed by atoms with van der Waals surface area (Å²) in [6, 6.07) is 2.08. The first kappa shape index (κ1) is 16.1. The molecule has 1 N–H and O–H groups in total. The normalized spacial score (nSPS) is 42.0. The fourth-order valence-corrected chi connectivity index (χ4v) is 5.89. The molecule has 1 aliphatic heterocycles. The predicted octanol–water partition coefficient (Wildman–Crippen LogP) is 2.48. The fourth-order valence-electron chi connectivity index (χ4n) is 5.89. The van der Waals surface area contributed by atoms with E-state index in [1.54, 1.807) is 4.90 Å². The standard InChI is InChI=1S/C17H25N3O.ClH/c18-10-15-2-1-3-20(15)16(21)11-19-17-7-12-4-13(8-17)6-14(5-12)9-17;/h12-15,19H,1-9,11H2;1H/t12?,13?,14?,15-,17?;/m0./s1. The Balaban J connectivity index is 0.00000144. The second-order valence-electron chi connectivity index (χ2n) is 7.93. The molecule has 4 aliphatic carbocycles. The number of rotatable bonds is 3. The minimum atomic E-state index is -0.185. The Morgan fingerprint density at radius 2 is 1.77 bits per heavy atom. The van der Waals surface area contributed by atoms with Crippen molar-refractivity contribution in [2.45, 2.75) is 62.9 Å². The van der Waals surface area contributed by atoms with Crippen LogP contribution in [0.15, 0.2) is 0 Å². The maximum absolute atomic E-state index is 12.4. The molecule has 5 fully saturated rings. The summed E-state index contributed by atoms with van der Waals surface area (Å²) in [5, 5.41) is 12.8. The predicted molar refractivity (Wildman–Crippen MR) is 86.5 cm³/mol. The van der Waals surface area contributed by atoms with Crippen LogP contribution in [-0.2, 0) is 4.79 Å². The summed E-state index contributed by atoms with van der Waals surface area (Å²) >= 11 is 0. The van der Waals surface area contributed by atoms with E-state index in [0.717, 1.165) is 37.1 Å². The van der Waals surface area contributed by atoms with Gasteiger partial charge in [-0.1, -0.05) is 0 Å². The van der Waals surface area contributed by atoms with Crippen LogP contribution in [0.25, 0.3) is 0 Å². The van der Waals surface area contributed by atoms with Gasteiger partial charge in [0.05, 0.1) is 12.6 Å². The van der Waals surface area contributed by atoms with Gasteiger partial charge in [0.15, 0.2) is 0 Å². The molecule has 5 heteroatoms. The smallest absolute Gasteiger partial charge is 0.237 e. The van der Waals surface area contributed by atoms with E-state index >= 15 is 0 Å². The molecule has 4 nitrogen and oxygen atoms in total. The zero-order chi connectivity index (χ0) is 14.4. The van der Waals surface area contributed by atoms with Crippen molar-refractivity contribution in [2.75, 3.05) is 13.1 Å². The number of nitriles is 1. The van der Waals surface area contributed by atoms with E-state index in [9.17, 15) is 4.79 Å². The van der Waals surface area contributed by atoms with Crippen LogP contribution in [0.5, 0.6) is 0 Å². The van der Waals surface area contributed by atoms with E-state index in [-0.39, 0.29) is 29.9 Å². The van der Waals surface area contributed by atoms with Gasteiger partial charge in [-0.25, -0.2) is 0 Å². The van der Waals surface area contributed by atoms with E-state index in [1.165, 1.54) is 38.5 Å². The van der Waals surface area contributed by atoms with Gasteiger partial charge in [0.1, 0.15) is 6.04 Å². The SMILES string of the molecule is Cl.N#C[C@@H]1CCCN1C(=O)CNC12CC3CC(CC(C3)C1)C2. The summed E-state index contributed by atoms with van der Waals surface area (Å²) in [6.07, 6.45) is 9.92. The molecule has 1 amide bonds. The van der Waals surface area contributed by atoms with Crippen molar-refractivity contribution >= 4 is 18.3 Å². The molecule has 1 heterocycles. The van der Waals surface area contributed by atoms with E-state index in [0.29, 0.717) is 6.54 Å². The third-order valence-electron chi connectivity index (χ3n) is 6.38. The molecule has 1 atom stereocenters. The van der Waals surface area contributed by atoms with E-state index in [4.69, 9.17) is 5.26 Å². The van der Waals surface area contributed by atoms with Gasteiger partial charge in [-0.3, -0.25) is 4.79 Å². The number of carbonyl (C=O) groups excluding carboxylic acids is 1. The average Bonchev–Trinajstić information content (AvgIpc) is 2.92. The number of hydrogen-bond donors (Lipinski definition) is 1. The minimum absolute atomic E-state index is 0. The second kappa shape index (κ2) is 6.02. The van der Waals surface area contributed by atoms with Gasteiger partial charge in [0, 0.05) is 12.1 Å². The Kier molecular flexibility index (Phi) is 4.40. The van der Waals surface area contributed by atoms with Gasteiger partial charge < -0.3 is 10.2 Å². The first-order valence-electron chi connectivity index (χ1n) is 8.61. The molecule has 0 radical (unpaired) electrons. The molecule has 5 aliphatic rings. The van der Waals surface area contributed by atoms with Crippen LogP contribution in [0.4, 0.5) is 0 Å². The van der Waals surface area contributed by atoms with Gasteiger partial charge in [-0.05, 0) is 69.1 Å². The molecule has 122 valence electrons. The highest BCUT2D eigenvalue weighted by atomic mass is 35.5. The van der Waals surface area contributed by atoms with Crippen LogP contribution in [0, 0.1) is 29.1 Å². The maximum atomic E-state index is 12.4. The average molecular weight is 324 g/mol. The van der Waals surface area contributed by atoms with Crippen LogP contribution in [0.1, 0.15) is 51.4 Å². The zero-order valence-electron chi connectivity index (χ0n) is 13.1. The van der Waals surface area contributed by atoms with Crippen molar-refractivity contribution in [3.8, 4) is 6.07 Å². The lowest BCUT2D eigenvalue weighted by atomic mass is 9.53. The Labute approximate surface area is 139 Å². The quantitative estimate of drug-likeness (QED) is 0.868. The van der Waals surface area contributed by atoms with Crippen molar-refractivity contribution in [3.63, 3.8) is 0 Å². The summed E-state index contributed by atoms with van der Waals surface area (Å²) < 4.78 is 0. The monoisotopic (exact) mass is 323 g/mol. The molecule has 5 rings (SSSR count). The Bertz CT molecular complexity index is 452. The lowest BCUT2D eigenvalue weighted by Gasteiger charge is -2.57. The highest BCUT2D eigenvalue weighted by Gasteiger charge is 2.50. The summed E-state index contributed by atoms with van der Waals surface area (Å²) in [4.78, 5) is 14.2. The van der Waals surface area contributed by atoms with Gasteiger partial charge in [0.25, 0.3) is 0 Å². The van der Waals surface area contributed by atoms with Crippen molar-refractivity contribution in [2.24, 2.45) is 17.8 Å². The second-order valence-corrected chi connectivity index (χ2v) is 7.93. The van der Waals surface area contributed by atoms with Gasteiger partial charge in [0.2, 0.25) is 5.91 Å². The molecule has 4 saturated carbocycles. The van der Waals surface area contributed by atoms with Crippen LogP contribution >= 0.6 is 12.4 Å². The zero-order valence-corrected chi connectivity index (χ0v) is 13.9. The number of halogens is 1. The molecule has 22 heavy (non-hydrogen) atoms. The third kappa shape index (κ3) is 2.74. The molecule has 4 bridgehead atoms. The van der Waals surface area contributed by atoms with Crippen LogP contribution in [0.3, 0.4) is 0 Å². The molecule has 0 spiro atoms. The number of amides is 1. The summed E-state index contributed by atoms with van der Waals surface area (Å²) in [6.45, 7) is 1.20. The van der Waals surface area contributed by atoms with Crippen molar-refractivity contribution < 1.29 is 4.79 Å². The van der Waals surface area contributed by atoms with Crippen LogP contribution in [-0.4, -0.2) is 35.5 Å². The number of hydrogen-bond acceptors (Lipinski definition) is 3. The molecule has 0 aromatic heterocycles. The molecule has 0 aromatic carbocycles. The highest BCUT2D eigenvalue weighted by Crippen LogP contribution is 2.55. The number of carbonyl (C=O) groups is 1. The van der Waals surface area contributed by atoms with Crippen LogP contribution in [0.2, 0.25) is 0 Å². The Morgan fingerprint density at radius 3 is 2.32 bits per heavy atom. The van der Waals surface area contributed by atoms with Gasteiger partial charge in [-0.15, -0.1) is 12.4 Å². The Hall–Kier alpha value is -0.790. The van der Waals surface area contributed by atoms with Gasteiger partial charge in [-0.2, -0.15) is 5.26 Å². The molecule has 1 saturated heterocycles. The maximum Gasteiger partial charge on any atom is 0.237 e. The summed E-state index contributed by atoms with van der Waals surface area (Å²) in [7, 11) is 0. The molecular formula is C17H26ClN3O. The first-order valence-corrected chi connectivity index (χ1v) is 8.61. The molecule has 0 unspecified atom stereocenters. The number of likely N-dealkylation sites (tertiary alicyclic amines) is 1. The number of nitrogens with zero attached hydrogens (tertiary/aromatic N) is 2. The van der Waals surface area contributed by atoms with E-state index in [2.05, 4.69) is 11.4 Å². The van der Waals surface area contributed by atoms with Crippen molar-refractivity contribution in [3.05, 3.63) is 0 Å². The highest BCUT2D eigenvalue weighted by molar-refractivity contribution is 5.85. The third-order valence-corrected chi connectivity index (χ3v) is 6.38. The Morgan fingerprint density at radius 1 is 1.18 bits per heavy atom. The largest absolute Gasteiger partial charge is 0.326 e. The number of nitrogens with one attached hydrogen (secondary N) is 1. The summed E-state index contributed by atoms with van der Waals surface area (Å²) in [5.74, 6) is 2.84. The lowest BCUT2D eigenvalue weighted by Crippen LogP contribution is -2.60.